The summed E-state index contributed by atoms with van der Waals surface area (Å²) in [6.07, 6.45) is 3.38. The van der Waals surface area contributed by atoms with Gasteiger partial charge in [0.25, 0.3) is 0 Å². The number of rotatable bonds is 1. The van der Waals surface area contributed by atoms with Crippen LogP contribution < -0.4 is 10.5 Å². The van der Waals surface area contributed by atoms with E-state index in [1.807, 2.05) is 12.1 Å². The molecule has 2 heteroatoms. The molecule has 13 heavy (non-hydrogen) atoms. The van der Waals surface area contributed by atoms with E-state index in [0.717, 1.165) is 18.6 Å². The summed E-state index contributed by atoms with van der Waals surface area (Å²) in [5.41, 5.74) is 8.59. The summed E-state index contributed by atoms with van der Waals surface area (Å²) in [7, 11) is 1.72. The predicted molar refractivity (Wildman–Crippen MR) is 52.9 cm³/mol. The first kappa shape index (κ1) is 8.57. The molecule has 1 aliphatic carbocycles. The van der Waals surface area contributed by atoms with Crippen molar-refractivity contribution >= 4 is 0 Å². The van der Waals surface area contributed by atoms with E-state index in [4.69, 9.17) is 10.5 Å². The molecule has 0 aliphatic heterocycles. The van der Waals surface area contributed by atoms with E-state index in [1.165, 1.54) is 17.5 Å². The minimum atomic E-state index is 0.207. The fourth-order valence-corrected chi connectivity index (χ4v) is 2.04. The Bertz CT molecular complexity index is 309. The monoisotopic (exact) mass is 177 g/mol. The summed E-state index contributed by atoms with van der Waals surface area (Å²) >= 11 is 0. The normalized spacial score (nSPS) is 20.9. The summed E-state index contributed by atoms with van der Waals surface area (Å²) in [5, 5.41) is 0. The Morgan fingerprint density at radius 3 is 3.08 bits per heavy atom. The topological polar surface area (TPSA) is 35.2 Å². The fourth-order valence-electron chi connectivity index (χ4n) is 2.04. The van der Waals surface area contributed by atoms with Gasteiger partial charge >= 0.3 is 0 Å². The van der Waals surface area contributed by atoms with Crippen LogP contribution in [-0.2, 0) is 6.42 Å². The van der Waals surface area contributed by atoms with E-state index >= 15 is 0 Å². The molecule has 0 bridgehead atoms. The predicted octanol–water partition coefficient (Wildman–Crippen LogP) is 2.03. The average Bonchev–Trinajstić information content (AvgIpc) is 2.18. The lowest BCUT2D eigenvalue weighted by Gasteiger charge is -2.23. The molecule has 0 amide bonds. The van der Waals surface area contributed by atoms with Crippen molar-refractivity contribution < 1.29 is 4.74 Å². The van der Waals surface area contributed by atoms with Crippen LogP contribution in [0, 0.1) is 0 Å². The molecule has 0 radical (unpaired) electrons. The van der Waals surface area contributed by atoms with Gasteiger partial charge in [-0.2, -0.15) is 0 Å². The van der Waals surface area contributed by atoms with Gasteiger partial charge in [0.15, 0.2) is 0 Å². The molecule has 70 valence electrons. The molecule has 2 N–H and O–H groups in total. The van der Waals surface area contributed by atoms with E-state index in [9.17, 15) is 0 Å². The maximum Gasteiger partial charge on any atom is 0.122 e. The highest BCUT2D eigenvalue weighted by Gasteiger charge is 2.19. The minimum absolute atomic E-state index is 0.207. The minimum Gasteiger partial charge on any atom is -0.496 e. The van der Waals surface area contributed by atoms with Crippen molar-refractivity contribution in [3.05, 3.63) is 29.3 Å². The number of hydrogen-bond donors (Lipinski definition) is 1. The Morgan fingerprint density at radius 2 is 2.31 bits per heavy atom. The van der Waals surface area contributed by atoms with Crippen molar-refractivity contribution in [2.45, 2.75) is 25.3 Å². The van der Waals surface area contributed by atoms with E-state index in [1.54, 1.807) is 7.11 Å². The third kappa shape index (κ3) is 1.42. The van der Waals surface area contributed by atoms with Gasteiger partial charge in [0.2, 0.25) is 0 Å². The Labute approximate surface area is 78.7 Å². The zero-order chi connectivity index (χ0) is 9.26. The van der Waals surface area contributed by atoms with Gasteiger partial charge in [-0.15, -0.1) is 0 Å². The highest BCUT2D eigenvalue weighted by Crippen LogP contribution is 2.33. The molecule has 0 aromatic heterocycles. The number of fused-ring (bicyclic) bond motifs is 1. The maximum atomic E-state index is 6.01. The lowest BCUT2D eigenvalue weighted by atomic mass is 9.88. The second-order valence-electron chi connectivity index (χ2n) is 3.53. The second kappa shape index (κ2) is 3.38. The van der Waals surface area contributed by atoms with E-state index < -0.39 is 0 Å². The number of nitrogens with two attached hydrogens (primary N) is 1. The first-order valence-electron chi connectivity index (χ1n) is 4.74. The molecule has 1 aromatic carbocycles. The SMILES string of the molecule is COc1cccc2c1CCC[C@@H]2N. The number of methoxy groups -OCH3 is 1. The fraction of sp³-hybridized carbons (Fsp3) is 0.455. The third-order valence-corrected chi connectivity index (χ3v) is 2.73. The van der Waals surface area contributed by atoms with Gasteiger partial charge in [-0.05, 0) is 36.5 Å². The molecular weight excluding hydrogens is 162 g/mol. The molecule has 1 aliphatic rings. The Morgan fingerprint density at radius 1 is 1.46 bits per heavy atom. The van der Waals surface area contributed by atoms with Crippen LogP contribution >= 0.6 is 0 Å². The lowest BCUT2D eigenvalue weighted by Crippen LogP contribution is -2.17. The number of benzene rings is 1. The number of hydrogen-bond acceptors (Lipinski definition) is 2. The summed E-state index contributed by atoms with van der Waals surface area (Å²) in [5.74, 6) is 0.993. The average molecular weight is 177 g/mol. The van der Waals surface area contributed by atoms with E-state index in [0.29, 0.717) is 0 Å². The van der Waals surface area contributed by atoms with Gasteiger partial charge in [0, 0.05) is 6.04 Å². The summed E-state index contributed by atoms with van der Waals surface area (Å²) in [6, 6.07) is 6.35. The largest absolute Gasteiger partial charge is 0.496 e. The van der Waals surface area contributed by atoms with Crippen LogP contribution in [0.25, 0.3) is 0 Å². The molecule has 0 heterocycles. The third-order valence-electron chi connectivity index (χ3n) is 2.73. The second-order valence-corrected chi connectivity index (χ2v) is 3.53. The van der Waals surface area contributed by atoms with Gasteiger partial charge in [-0.25, -0.2) is 0 Å². The van der Waals surface area contributed by atoms with Crippen molar-refractivity contribution in [3.8, 4) is 5.75 Å². The number of ether oxygens (including phenoxy) is 1. The molecule has 0 fully saturated rings. The molecule has 1 atom stereocenters. The van der Waals surface area contributed by atoms with Crippen LogP contribution in [0.1, 0.15) is 30.0 Å². The smallest absolute Gasteiger partial charge is 0.122 e. The first-order valence-corrected chi connectivity index (χ1v) is 4.74. The van der Waals surface area contributed by atoms with E-state index in [2.05, 4.69) is 6.07 Å². The molecule has 0 unspecified atom stereocenters. The molecule has 0 saturated heterocycles. The van der Waals surface area contributed by atoms with Gasteiger partial charge in [-0.1, -0.05) is 12.1 Å². The quantitative estimate of drug-likeness (QED) is 0.712. The van der Waals surface area contributed by atoms with Crippen LogP contribution in [0.3, 0.4) is 0 Å². The summed E-state index contributed by atoms with van der Waals surface area (Å²) in [4.78, 5) is 0. The Hall–Kier alpha value is -1.02. The molecule has 1 aromatic rings. The molecule has 2 rings (SSSR count). The van der Waals surface area contributed by atoms with Crippen LogP contribution in [0.15, 0.2) is 18.2 Å². The van der Waals surface area contributed by atoms with Crippen molar-refractivity contribution in [3.63, 3.8) is 0 Å². The Balaban J connectivity index is 2.48. The zero-order valence-corrected chi connectivity index (χ0v) is 7.92. The van der Waals surface area contributed by atoms with Gasteiger partial charge in [-0.3, -0.25) is 0 Å². The maximum absolute atomic E-state index is 6.01. The van der Waals surface area contributed by atoms with Crippen molar-refractivity contribution in [2.75, 3.05) is 7.11 Å². The van der Waals surface area contributed by atoms with Crippen LogP contribution in [-0.4, -0.2) is 7.11 Å². The highest BCUT2D eigenvalue weighted by molar-refractivity contribution is 5.43. The molecule has 2 nitrogen and oxygen atoms in total. The van der Waals surface area contributed by atoms with E-state index in [-0.39, 0.29) is 6.04 Å². The van der Waals surface area contributed by atoms with Crippen molar-refractivity contribution in [1.82, 2.24) is 0 Å². The zero-order valence-electron chi connectivity index (χ0n) is 7.92. The van der Waals surface area contributed by atoms with Crippen LogP contribution in [0.2, 0.25) is 0 Å². The molecular formula is C11H15NO. The summed E-state index contributed by atoms with van der Waals surface area (Å²) in [6.45, 7) is 0. The van der Waals surface area contributed by atoms with Gasteiger partial charge in [0.05, 0.1) is 7.11 Å². The molecule has 0 spiro atoms. The van der Waals surface area contributed by atoms with Gasteiger partial charge < -0.3 is 10.5 Å². The van der Waals surface area contributed by atoms with Gasteiger partial charge in [0.1, 0.15) is 5.75 Å². The summed E-state index contributed by atoms with van der Waals surface area (Å²) < 4.78 is 5.31. The standard InChI is InChI=1S/C11H15NO/c1-13-11-7-3-4-8-9(11)5-2-6-10(8)12/h3-4,7,10H,2,5-6,12H2,1H3/t10-/m0/s1. The lowest BCUT2D eigenvalue weighted by molar-refractivity contribution is 0.403. The highest BCUT2D eigenvalue weighted by atomic mass is 16.5. The van der Waals surface area contributed by atoms with Crippen molar-refractivity contribution in [1.29, 1.82) is 0 Å². The Kier molecular flexibility index (Phi) is 2.23. The van der Waals surface area contributed by atoms with Crippen molar-refractivity contribution in [2.24, 2.45) is 5.73 Å². The first-order chi connectivity index (χ1) is 6.33. The molecule has 0 saturated carbocycles. The van der Waals surface area contributed by atoms with Crippen LogP contribution in [0.5, 0.6) is 5.75 Å². The van der Waals surface area contributed by atoms with Crippen LogP contribution in [0.4, 0.5) is 0 Å².